The van der Waals surface area contributed by atoms with Crippen LogP contribution in [-0.2, 0) is 9.59 Å². The number of amides is 2. The SMILES string of the molecule is CC(=O)Nc1ccc(NC(=O)C2(C)CCCC2N)cc1Cl. The molecule has 1 saturated carbocycles. The minimum Gasteiger partial charge on any atom is -0.327 e. The number of halogens is 1. The molecule has 1 fully saturated rings. The highest BCUT2D eigenvalue weighted by Crippen LogP contribution is 2.38. The van der Waals surface area contributed by atoms with Crippen LogP contribution in [0.25, 0.3) is 0 Å². The summed E-state index contributed by atoms with van der Waals surface area (Å²) in [6, 6.07) is 4.87. The molecular formula is C15H20ClN3O2. The van der Waals surface area contributed by atoms with Crippen molar-refractivity contribution in [2.45, 2.75) is 39.2 Å². The molecule has 0 aliphatic heterocycles. The molecule has 1 aromatic rings. The highest BCUT2D eigenvalue weighted by atomic mass is 35.5. The van der Waals surface area contributed by atoms with E-state index in [1.807, 2.05) is 6.92 Å². The summed E-state index contributed by atoms with van der Waals surface area (Å²) in [4.78, 5) is 23.4. The Kier molecular flexibility index (Phi) is 4.54. The van der Waals surface area contributed by atoms with E-state index in [0.717, 1.165) is 19.3 Å². The van der Waals surface area contributed by atoms with Gasteiger partial charge in [0.25, 0.3) is 0 Å². The molecule has 0 heterocycles. The van der Waals surface area contributed by atoms with E-state index in [0.29, 0.717) is 16.4 Å². The van der Waals surface area contributed by atoms with E-state index in [-0.39, 0.29) is 17.9 Å². The van der Waals surface area contributed by atoms with Crippen molar-refractivity contribution in [2.24, 2.45) is 11.1 Å². The first-order valence-electron chi connectivity index (χ1n) is 6.97. The Morgan fingerprint density at radius 2 is 2.10 bits per heavy atom. The molecule has 0 radical (unpaired) electrons. The maximum Gasteiger partial charge on any atom is 0.231 e. The predicted molar refractivity (Wildman–Crippen MR) is 84.3 cm³/mol. The fraction of sp³-hybridized carbons (Fsp3) is 0.467. The Labute approximate surface area is 129 Å². The molecule has 2 unspecified atom stereocenters. The number of anilines is 2. The van der Waals surface area contributed by atoms with Gasteiger partial charge >= 0.3 is 0 Å². The molecule has 0 saturated heterocycles. The Morgan fingerprint density at radius 3 is 2.62 bits per heavy atom. The summed E-state index contributed by atoms with van der Waals surface area (Å²) in [5.74, 6) is -0.283. The van der Waals surface area contributed by atoms with Crippen LogP contribution in [0.2, 0.25) is 5.02 Å². The van der Waals surface area contributed by atoms with E-state index < -0.39 is 5.41 Å². The van der Waals surface area contributed by atoms with Crippen LogP contribution in [0.15, 0.2) is 18.2 Å². The fourth-order valence-electron chi connectivity index (χ4n) is 2.63. The van der Waals surface area contributed by atoms with Crippen molar-refractivity contribution in [3.63, 3.8) is 0 Å². The summed E-state index contributed by atoms with van der Waals surface area (Å²) in [7, 11) is 0. The zero-order valence-corrected chi connectivity index (χ0v) is 13.0. The summed E-state index contributed by atoms with van der Waals surface area (Å²) in [5.41, 5.74) is 6.62. The van der Waals surface area contributed by atoms with Crippen molar-refractivity contribution in [1.29, 1.82) is 0 Å². The van der Waals surface area contributed by atoms with E-state index in [4.69, 9.17) is 17.3 Å². The largest absolute Gasteiger partial charge is 0.327 e. The average molecular weight is 310 g/mol. The van der Waals surface area contributed by atoms with Crippen molar-refractivity contribution < 1.29 is 9.59 Å². The van der Waals surface area contributed by atoms with Gasteiger partial charge in [-0.15, -0.1) is 0 Å². The number of nitrogens with two attached hydrogens (primary N) is 1. The molecule has 2 atom stereocenters. The molecule has 0 spiro atoms. The van der Waals surface area contributed by atoms with E-state index in [1.165, 1.54) is 6.92 Å². The van der Waals surface area contributed by atoms with E-state index in [2.05, 4.69) is 10.6 Å². The van der Waals surface area contributed by atoms with Gasteiger partial charge in [0.1, 0.15) is 0 Å². The first-order valence-corrected chi connectivity index (χ1v) is 7.35. The molecule has 1 aliphatic carbocycles. The number of carbonyl (C=O) groups excluding carboxylic acids is 2. The lowest BCUT2D eigenvalue weighted by Crippen LogP contribution is -2.44. The summed E-state index contributed by atoms with van der Waals surface area (Å²) in [5, 5.41) is 5.86. The summed E-state index contributed by atoms with van der Waals surface area (Å²) < 4.78 is 0. The number of carbonyl (C=O) groups is 2. The molecule has 21 heavy (non-hydrogen) atoms. The van der Waals surface area contributed by atoms with Gasteiger partial charge in [-0.1, -0.05) is 18.0 Å². The van der Waals surface area contributed by atoms with Crippen LogP contribution < -0.4 is 16.4 Å². The van der Waals surface area contributed by atoms with Gasteiger partial charge in [-0.3, -0.25) is 9.59 Å². The highest BCUT2D eigenvalue weighted by Gasteiger charge is 2.42. The molecule has 2 rings (SSSR count). The summed E-state index contributed by atoms with van der Waals surface area (Å²) in [6.45, 7) is 3.31. The average Bonchev–Trinajstić information content (AvgIpc) is 2.74. The van der Waals surface area contributed by atoms with Gasteiger partial charge in [0.2, 0.25) is 11.8 Å². The van der Waals surface area contributed by atoms with Crippen LogP contribution in [0.1, 0.15) is 33.1 Å². The van der Waals surface area contributed by atoms with Gasteiger partial charge in [-0.25, -0.2) is 0 Å². The Hall–Kier alpha value is -1.59. The van der Waals surface area contributed by atoms with E-state index >= 15 is 0 Å². The predicted octanol–water partition coefficient (Wildman–Crippen LogP) is 2.75. The smallest absolute Gasteiger partial charge is 0.231 e. The monoisotopic (exact) mass is 309 g/mol. The molecule has 0 aromatic heterocycles. The second-order valence-electron chi connectivity index (χ2n) is 5.75. The number of hydrogen-bond acceptors (Lipinski definition) is 3. The topological polar surface area (TPSA) is 84.2 Å². The minimum atomic E-state index is -0.539. The van der Waals surface area contributed by atoms with E-state index in [1.54, 1.807) is 18.2 Å². The summed E-state index contributed by atoms with van der Waals surface area (Å²) >= 11 is 6.09. The van der Waals surface area contributed by atoms with Crippen molar-refractivity contribution in [1.82, 2.24) is 0 Å². The number of nitrogens with one attached hydrogen (secondary N) is 2. The molecule has 2 amide bonds. The van der Waals surface area contributed by atoms with Crippen LogP contribution in [-0.4, -0.2) is 17.9 Å². The molecule has 4 N–H and O–H groups in total. The standard InChI is InChI=1S/C15H20ClN3O2/c1-9(20)18-12-6-5-10(8-11(12)16)19-14(21)15(2)7-3-4-13(15)17/h5-6,8,13H,3-4,7,17H2,1-2H3,(H,18,20)(H,19,21). The van der Waals surface area contributed by atoms with Crippen LogP contribution in [0.4, 0.5) is 11.4 Å². The van der Waals surface area contributed by atoms with Gasteiger partial charge < -0.3 is 16.4 Å². The Morgan fingerprint density at radius 1 is 1.38 bits per heavy atom. The number of hydrogen-bond donors (Lipinski definition) is 3. The van der Waals surface area contributed by atoms with Crippen LogP contribution >= 0.6 is 11.6 Å². The van der Waals surface area contributed by atoms with Crippen LogP contribution in [0, 0.1) is 5.41 Å². The van der Waals surface area contributed by atoms with Gasteiger partial charge in [-0.2, -0.15) is 0 Å². The maximum absolute atomic E-state index is 12.4. The quantitative estimate of drug-likeness (QED) is 0.802. The normalized spacial score (nSPS) is 24.7. The van der Waals surface area contributed by atoms with Gasteiger partial charge in [-0.05, 0) is 38.0 Å². The molecular weight excluding hydrogens is 290 g/mol. The van der Waals surface area contributed by atoms with Crippen LogP contribution in [0.5, 0.6) is 0 Å². The number of rotatable bonds is 3. The second kappa shape index (κ2) is 6.03. The van der Waals surface area contributed by atoms with E-state index in [9.17, 15) is 9.59 Å². The number of benzene rings is 1. The van der Waals surface area contributed by atoms with Gasteiger partial charge in [0.15, 0.2) is 0 Å². The Balaban J connectivity index is 2.11. The third-order valence-corrected chi connectivity index (χ3v) is 4.40. The molecule has 6 heteroatoms. The molecule has 114 valence electrons. The third-order valence-electron chi connectivity index (χ3n) is 4.09. The molecule has 0 bridgehead atoms. The maximum atomic E-state index is 12.4. The van der Waals surface area contributed by atoms with Crippen molar-refractivity contribution in [3.05, 3.63) is 23.2 Å². The highest BCUT2D eigenvalue weighted by molar-refractivity contribution is 6.34. The second-order valence-corrected chi connectivity index (χ2v) is 6.15. The third kappa shape index (κ3) is 3.36. The van der Waals surface area contributed by atoms with Gasteiger partial charge in [0.05, 0.1) is 16.1 Å². The molecule has 1 aromatic carbocycles. The van der Waals surface area contributed by atoms with Crippen LogP contribution in [0.3, 0.4) is 0 Å². The lowest BCUT2D eigenvalue weighted by Gasteiger charge is -2.27. The fourth-order valence-corrected chi connectivity index (χ4v) is 2.86. The molecule has 1 aliphatic rings. The van der Waals surface area contributed by atoms with Crippen molar-refractivity contribution >= 4 is 34.8 Å². The Bertz CT molecular complexity index is 576. The molecule has 5 nitrogen and oxygen atoms in total. The minimum absolute atomic E-state index is 0.0872. The zero-order chi connectivity index (χ0) is 15.6. The zero-order valence-electron chi connectivity index (χ0n) is 12.2. The lowest BCUT2D eigenvalue weighted by molar-refractivity contribution is -0.125. The summed E-state index contributed by atoms with van der Waals surface area (Å²) in [6.07, 6.45) is 2.62. The first kappa shape index (κ1) is 15.8. The van der Waals surface area contributed by atoms with Crippen molar-refractivity contribution in [2.75, 3.05) is 10.6 Å². The van der Waals surface area contributed by atoms with Crippen molar-refractivity contribution in [3.8, 4) is 0 Å². The lowest BCUT2D eigenvalue weighted by atomic mass is 9.84. The van der Waals surface area contributed by atoms with Gasteiger partial charge in [0, 0.05) is 18.7 Å². The first-order chi connectivity index (χ1) is 9.83.